The van der Waals surface area contributed by atoms with E-state index in [-0.39, 0.29) is 29.2 Å². The van der Waals surface area contributed by atoms with Crippen molar-refractivity contribution in [1.29, 1.82) is 5.26 Å². The Labute approximate surface area is 234 Å². The zero-order valence-corrected chi connectivity index (χ0v) is 22.6. The average Bonchev–Trinajstić information content (AvgIpc) is 3.38. The molecule has 1 aliphatic rings. The summed E-state index contributed by atoms with van der Waals surface area (Å²) in [5.41, 5.74) is 3.52. The van der Waals surface area contributed by atoms with E-state index in [1.165, 1.54) is 13.0 Å². The standard InChI is InChI=1S/C28H25ClFN7O3/c1-17-15-19(3-4-20(17)28(39)36-12-10-35(11-13-36)18(2)38)34-26-27-33-16-22(37(27)9-8-32-26)21-5-6-23(40-14-7-31)25(30)24(21)29/h3-6,8-9,15-16H,10-14H2,1-2H3,(H,32,34). The van der Waals surface area contributed by atoms with Crippen LogP contribution in [0, 0.1) is 24.1 Å². The number of rotatable bonds is 6. The quantitative estimate of drug-likeness (QED) is 0.370. The molecule has 12 heteroatoms. The lowest BCUT2D eigenvalue weighted by atomic mass is 10.1. The summed E-state index contributed by atoms with van der Waals surface area (Å²) in [6, 6.07) is 10.3. The van der Waals surface area contributed by atoms with Gasteiger partial charge in [-0.05, 0) is 42.8 Å². The van der Waals surface area contributed by atoms with Crippen molar-refractivity contribution in [2.45, 2.75) is 13.8 Å². The van der Waals surface area contributed by atoms with Gasteiger partial charge in [-0.3, -0.25) is 14.0 Å². The molecule has 0 aliphatic carbocycles. The Morgan fingerprint density at radius 1 is 1.15 bits per heavy atom. The number of aromatic nitrogens is 3. The first-order chi connectivity index (χ1) is 19.3. The van der Waals surface area contributed by atoms with Crippen LogP contribution in [0.15, 0.2) is 48.9 Å². The van der Waals surface area contributed by atoms with Crippen LogP contribution in [0.5, 0.6) is 5.75 Å². The monoisotopic (exact) mass is 561 g/mol. The van der Waals surface area contributed by atoms with E-state index in [0.29, 0.717) is 60.2 Å². The molecule has 0 spiro atoms. The van der Waals surface area contributed by atoms with E-state index >= 15 is 0 Å². The second-order valence-electron chi connectivity index (χ2n) is 9.25. The number of nitriles is 1. The molecule has 1 aliphatic heterocycles. The topological polar surface area (TPSA) is 116 Å². The van der Waals surface area contributed by atoms with E-state index in [0.717, 1.165) is 5.56 Å². The number of amides is 2. The Bertz CT molecular complexity index is 1660. The number of benzene rings is 2. The van der Waals surface area contributed by atoms with Gasteiger partial charge >= 0.3 is 0 Å². The van der Waals surface area contributed by atoms with E-state index in [1.807, 2.05) is 13.0 Å². The second kappa shape index (κ2) is 11.2. The van der Waals surface area contributed by atoms with Gasteiger partial charge in [-0.15, -0.1) is 0 Å². The lowest BCUT2D eigenvalue weighted by Crippen LogP contribution is -2.50. The summed E-state index contributed by atoms with van der Waals surface area (Å²) in [6.07, 6.45) is 4.84. The molecule has 1 N–H and O–H groups in total. The van der Waals surface area contributed by atoms with Gasteiger partial charge in [0.1, 0.15) is 6.07 Å². The fourth-order valence-electron chi connectivity index (χ4n) is 4.67. The number of halogens is 2. The van der Waals surface area contributed by atoms with Crippen molar-refractivity contribution in [1.82, 2.24) is 24.2 Å². The molecule has 4 aromatic rings. The molecule has 0 radical (unpaired) electrons. The van der Waals surface area contributed by atoms with Gasteiger partial charge in [0.25, 0.3) is 5.91 Å². The van der Waals surface area contributed by atoms with Crippen LogP contribution in [0.2, 0.25) is 5.02 Å². The van der Waals surface area contributed by atoms with Crippen LogP contribution in [0.4, 0.5) is 15.9 Å². The second-order valence-corrected chi connectivity index (χ2v) is 9.63. The summed E-state index contributed by atoms with van der Waals surface area (Å²) in [5, 5.41) is 11.8. The number of ether oxygens (including phenoxy) is 1. The van der Waals surface area contributed by atoms with Gasteiger partial charge in [0, 0.05) is 62.3 Å². The number of aryl methyl sites for hydroxylation is 1. The minimum Gasteiger partial charge on any atom is -0.476 e. The molecule has 10 nitrogen and oxygen atoms in total. The molecule has 0 saturated carbocycles. The summed E-state index contributed by atoms with van der Waals surface area (Å²) in [4.78, 5) is 37.1. The van der Waals surface area contributed by atoms with Crippen molar-refractivity contribution in [3.8, 4) is 23.1 Å². The van der Waals surface area contributed by atoms with Gasteiger partial charge in [-0.2, -0.15) is 5.26 Å². The maximum Gasteiger partial charge on any atom is 0.254 e. The highest BCUT2D eigenvalue weighted by atomic mass is 35.5. The van der Waals surface area contributed by atoms with Crippen LogP contribution in [0.1, 0.15) is 22.8 Å². The van der Waals surface area contributed by atoms with E-state index in [9.17, 15) is 14.0 Å². The van der Waals surface area contributed by atoms with Crippen molar-refractivity contribution in [2.24, 2.45) is 0 Å². The van der Waals surface area contributed by atoms with Crippen LogP contribution >= 0.6 is 11.6 Å². The molecule has 2 amide bonds. The van der Waals surface area contributed by atoms with Crippen LogP contribution < -0.4 is 10.1 Å². The van der Waals surface area contributed by atoms with Crippen molar-refractivity contribution in [2.75, 3.05) is 38.1 Å². The smallest absolute Gasteiger partial charge is 0.254 e. The van der Waals surface area contributed by atoms with E-state index in [1.54, 1.807) is 57.1 Å². The maximum absolute atomic E-state index is 14.8. The third-order valence-electron chi connectivity index (χ3n) is 6.77. The fraction of sp³-hybridized carbons (Fsp3) is 0.250. The predicted molar refractivity (Wildman–Crippen MR) is 147 cm³/mol. The lowest BCUT2D eigenvalue weighted by Gasteiger charge is -2.34. The molecule has 1 saturated heterocycles. The Balaban J connectivity index is 1.37. The first kappa shape index (κ1) is 26.9. The Kier molecular flexibility index (Phi) is 7.53. The number of anilines is 2. The molecular formula is C28H25ClFN7O3. The minimum absolute atomic E-state index is 0.0155. The van der Waals surface area contributed by atoms with E-state index < -0.39 is 5.82 Å². The number of nitrogens with one attached hydrogen (secondary N) is 1. The molecule has 0 atom stereocenters. The SMILES string of the molecule is CC(=O)N1CCN(C(=O)c2ccc(Nc3nccn4c(-c5ccc(OCC#N)c(F)c5Cl)cnc34)cc2C)CC1. The molecule has 0 unspecified atom stereocenters. The van der Waals surface area contributed by atoms with Crippen molar-refractivity contribution >= 4 is 40.6 Å². The van der Waals surface area contributed by atoms with Crippen molar-refractivity contribution < 1.29 is 18.7 Å². The first-order valence-corrected chi connectivity index (χ1v) is 12.9. The Hall–Kier alpha value is -4.69. The fourth-order valence-corrected chi connectivity index (χ4v) is 4.92. The van der Waals surface area contributed by atoms with E-state index in [4.69, 9.17) is 21.6 Å². The Morgan fingerprint density at radius 2 is 1.90 bits per heavy atom. The van der Waals surface area contributed by atoms with Crippen LogP contribution in [-0.2, 0) is 4.79 Å². The van der Waals surface area contributed by atoms with Gasteiger partial charge < -0.3 is 19.9 Å². The number of imidazole rings is 1. The predicted octanol–water partition coefficient (Wildman–Crippen LogP) is 4.45. The van der Waals surface area contributed by atoms with E-state index in [2.05, 4.69) is 15.3 Å². The van der Waals surface area contributed by atoms with Gasteiger partial charge in [0.15, 0.2) is 29.6 Å². The van der Waals surface area contributed by atoms with Gasteiger partial charge in [-0.1, -0.05) is 11.6 Å². The molecule has 1 fully saturated rings. The molecule has 204 valence electrons. The number of carbonyl (C=O) groups excluding carboxylic acids is 2. The molecular weight excluding hydrogens is 537 g/mol. The summed E-state index contributed by atoms with van der Waals surface area (Å²) in [7, 11) is 0. The largest absolute Gasteiger partial charge is 0.476 e. The molecule has 2 aromatic heterocycles. The summed E-state index contributed by atoms with van der Waals surface area (Å²) >= 11 is 6.31. The van der Waals surface area contributed by atoms with Crippen LogP contribution in [0.3, 0.4) is 0 Å². The van der Waals surface area contributed by atoms with Gasteiger partial charge in [-0.25, -0.2) is 14.4 Å². The highest BCUT2D eigenvalue weighted by molar-refractivity contribution is 6.33. The van der Waals surface area contributed by atoms with Crippen molar-refractivity contribution in [3.63, 3.8) is 0 Å². The van der Waals surface area contributed by atoms with Gasteiger partial charge in [0.05, 0.1) is 16.9 Å². The van der Waals surface area contributed by atoms with Crippen LogP contribution in [-0.4, -0.2) is 68.8 Å². The third kappa shape index (κ3) is 5.13. The lowest BCUT2D eigenvalue weighted by molar-refractivity contribution is -0.130. The normalized spacial score (nSPS) is 13.3. The molecule has 3 heterocycles. The van der Waals surface area contributed by atoms with Crippen molar-refractivity contribution in [3.05, 3.63) is 70.9 Å². The van der Waals surface area contributed by atoms with Gasteiger partial charge in [0.2, 0.25) is 5.91 Å². The zero-order valence-electron chi connectivity index (χ0n) is 21.8. The average molecular weight is 562 g/mol. The molecule has 0 bridgehead atoms. The number of piperazine rings is 1. The summed E-state index contributed by atoms with van der Waals surface area (Å²) in [5.74, 6) is -0.468. The highest BCUT2D eigenvalue weighted by Crippen LogP contribution is 2.36. The summed E-state index contributed by atoms with van der Waals surface area (Å²) < 4.78 is 21.6. The minimum atomic E-state index is -0.761. The zero-order chi connectivity index (χ0) is 28.4. The number of hydrogen-bond donors (Lipinski definition) is 1. The number of carbonyl (C=O) groups is 2. The third-order valence-corrected chi connectivity index (χ3v) is 7.14. The molecule has 5 rings (SSSR count). The molecule has 2 aromatic carbocycles. The maximum atomic E-state index is 14.8. The Morgan fingerprint density at radius 3 is 2.60 bits per heavy atom. The number of fused-ring (bicyclic) bond motifs is 1. The number of hydrogen-bond acceptors (Lipinski definition) is 7. The first-order valence-electron chi connectivity index (χ1n) is 12.5. The molecule has 40 heavy (non-hydrogen) atoms. The summed E-state index contributed by atoms with van der Waals surface area (Å²) in [6.45, 7) is 5.15. The van der Waals surface area contributed by atoms with Crippen LogP contribution in [0.25, 0.3) is 16.9 Å². The highest BCUT2D eigenvalue weighted by Gasteiger charge is 2.24. The number of nitrogens with zero attached hydrogens (tertiary/aromatic N) is 6.